The first-order valence-corrected chi connectivity index (χ1v) is 8.30. The maximum atomic E-state index is 12.9. The van der Waals surface area contributed by atoms with Gasteiger partial charge in [0.1, 0.15) is 0 Å². The van der Waals surface area contributed by atoms with E-state index in [1.807, 2.05) is 18.2 Å². The van der Waals surface area contributed by atoms with Crippen LogP contribution >= 0.6 is 15.9 Å². The van der Waals surface area contributed by atoms with Crippen LogP contribution in [-0.2, 0) is 12.8 Å². The van der Waals surface area contributed by atoms with Gasteiger partial charge in [-0.25, -0.2) is 0 Å². The van der Waals surface area contributed by atoms with Gasteiger partial charge in [0.25, 0.3) is 0 Å². The molecule has 0 unspecified atom stereocenters. The van der Waals surface area contributed by atoms with Crippen molar-refractivity contribution in [3.8, 4) is 0 Å². The molecule has 4 rings (SSSR count). The highest BCUT2D eigenvalue weighted by Crippen LogP contribution is 2.31. The van der Waals surface area contributed by atoms with E-state index in [-0.39, 0.29) is 5.43 Å². The van der Waals surface area contributed by atoms with Crippen molar-refractivity contribution in [2.24, 2.45) is 0 Å². The summed E-state index contributed by atoms with van der Waals surface area (Å²) in [4.78, 5) is 16.5. The molecule has 106 valence electrons. The molecule has 0 fully saturated rings. The normalized spacial score (nSPS) is 15.1. The second kappa shape index (κ2) is 4.99. The Kier molecular flexibility index (Phi) is 3.11. The summed E-state index contributed by atoms with van der Waals surface area (Å²) in [6.07, 6.45) is 5.40. The number of fused-ring (bicyclic) bond motifs is 4. The lowest BCUT2D eigenvalue weighted by molar-refractivity contribution is 0.708. The van der Waals surface area contributed by atoms with E-state index < -0.39 is 0 Å². The number of benzene rings is 2. The van der Waals surface area contributed by atoms with Gasteiger partial charge >= 0.3 is 0 Å². The first kappa shape index (κ1) is 13.1. The molecule has 1 N–H and O–H groups in total. The monoisotopic (exact) mass is 341 g/mol. The van der Waals surface area contributed by atoms with E-state index in [1.54, 1.807) is 0 Å². The van der Waals surface area contributed by atoms with E-state index in [2.05, 4.69) is 33.0 Å². The summed E-state index contributed by atoms with van der Waals surface area (Å²) in [5.41, 5.74) is 3.35. The van der Waals surface area contributed by atoms with Crippen molar-refractivity contribution in [1.29, 1.82) is 0 Å². The average molecular weight is 342 g/mol. The number of aryl methyl sites for hydroxylation is 1. The molecule has 1 aromatic heterocycles. The molecule has 0 bridgehead atoms. The number of rotatable bonds is 0. The molecule has 1 aliphatic carbocycles. The maximum Gasteiger partial charge on any atom is 0.192 e. The third-order valence-corrected chi connectivity index (χ3v) is 5.16. The van der Waals surface area contributed by atoms with Crippen molar-refractivity contribution >= 4 is 37.6 Å². The van der Waals surface area contributed by atoms with Crippen LogP contribution in [0.1, 0.15) is 30.5 Å². The number of H-pyrrole nitrogens is 1. The molecular weight excluding hydrogens is 326 g/mol. The van der Waals surface area contributed by atoms with Gasteiger partial charge in [0.05, 0.1) is 5.52 Å². The fourth-order valence-electron chi connectivity index (χ4n) is 3.43. The van der Waals surface area contributed by atoms with E-state index in [9.17, 15) is 4.79 Å². The van der Waals surface area contributed by atoms with E-state index in [1.165, 1.54) is 12.8 Å². The Bertz CT molecular complexity index is 910. The van der Waals surface area contributed by atoms with Gasteiger partial charge in [-0.05, 0) is 37.1 Å². The lowest BCUT2D eigenvalue weighted by atomic mass is 10.0. The van der Waals surface area contributed by atoms with Crippen LogP contribution < -0.4 is 5.43 Å². The van der Waals surface area contributed by atoms with Gasteiger partial charge < -0.3 is 4.98 Å². The summed E-state index contributed by atoms with van der Waals surface area (Å²) in [5, 5.41) is 3.07. The fraction of sp³-hybridized carbons (Fsp3) is 0.278. The number of pyridine rings is 1. The Morgan fingerprint density at radius 2 is 1.71 bits per heavy atom. The van der Waals surface area contributed by atoms with E-state index in [0.29, 0.717) is 0 Å². The molecule has 2 nitrogen and oxygen atoms in total. The molecule has 1 aliphatic rings. The highest BCUT2D eigenvalue weighted by Gasteiger charge is 2.16. The number of hydrogen-bond donors (Lipinski definition) is 1. The molecule has 0 aliphatic heterocycles. The van der Waals surface area contributed by atoms with Crippen LogP contribution in [0.4, 0.5) is 0 Å². The lowest BCUT2D eigenvalue weighted by Gasteiger charge is -2.11. The summed E-state index contributed by atoms with van der Waals surface area (Å²) < 4.78 is 0.990. The smallest absolute Gasteiger partial charge is 0.192 e. The topological polar surface area (TPSA) is 32.9 Å². The minimum Gasteiger partial charge on any atom is -0.357 e. The zero-order valence-corrected chi connectivity index (χ0v) is 13.3. The van der Waals surface area contributed by atoms with E-state index in [4.69, 9.17) is 0 Å². The number of nitrogens with one attached hydrogen (secondary N) is 1. The number of aromatic nitrogens is 1. The van der Waals surface area contributed by atoms with Crippen LogP contribution in [0.2, 0.25) is 0 Å². The van der Waals surface area contributed by atoms with E-state index >= 15 is 0 Å². The van der Waals surface area contributed by atoms with Crippen molar-refractivity contribution in [3.05, 3.63) is 56.3 Å². The van der Waals surface area contributed by atoms with Crippen LogP contribution in [0, 0.1) is 0 Å². The Morgan fingerprint density at radius 3 is 2.57 bits per heavy atom. The summed E-state index contributed by atoms with van der Waals surface area (Å²) in [6.45, 7) is 0. The first-order chi connectivity index (χ1) is 10.3. The van der Waals surface area contributed by atoms with Crippen molar-refractivity contribution in [2.45, 2.75) is 32.1 Å². The molecule has 3 aromatic rings. The third kappa shape index (κ3) is 2.03. The predicted molar refractivity (Wildman–Crippen MR) is 91.0 cm³/mol. The van der Waals surface area contributed by atoms with Crippen LogP contribution in [0.15, 0.2) is 39.6 Å². The van der Waals surface area contributed by atoms with Crippen molar-refractivity contribution < 1.29 is 0 Å². The summed E-state index contributed by atoms with van der Waals surface area (Å²) in [7, 11) is 0. The minimum atomic E-state index is 0.215. The minimum absolute atomic E-state index is 0.215. The van der Waals surface area contributed by atoms with Crippen LogP contribution in [0.25, 0.3) is 21.7 Å². The highest BCUT2D eigenvalue weighted by atomic mass is 79.9. The van der Waals surface area contributed by atoms with Gasteiger partial charge in [0, 0.05) is 26.5 Å². The molecule has 1 heterocycles. The van der Waals surface area contributed by atoms with Gasteiger partial charge in [0.2, 0.25) is 0 Å². The van der Waals surface area contributed by atoms with Crippen LogP contribution in [0.5, 0.6) is 0 Å². The molecule has 21 heavy (non-hydrogen) atoms. The standard InChI is InChI=1S/C18H16BrNO/c19-15-10-14-17(12-7-5-4-6-11(12)15)20-16-9-3-1-2-8-13(16)18(14)21/h4-7,10H,1-3,8-9H2,(H,20,21). The van der Waals surface area contributed by atoms with Crippen molar-refractivity contribution in [3.63, 3.8) is 0 Å². The van der Waals surface area contributed by atoms with Gasteiger partial charge in [-0.3, -0.25) is 4.79 Å². The fourth-order valence-corrected chi connectivity index (χ4v) is 4.00. The Hall–Kier alpha value is -1.61. The summed E-state index contributed by atoms with van der Waals surface area (Å²) >= 11 is 3.61. The number of halogens is 1. The quantitative estimate of drug-likeness (QED) is 0.466. The molecule has 0 saturated heterocycles. The Balaban J connectivity index is 2.18. The van der Waals surface area contributed by atoms with Crippen LogP contribution in [-0.4, -0.2) is 4.98 Å². The van der Waals surface area contributed by atoms with Gasteiger partial charge in [-0.15, -0.1) is 0 Å². The molecule has 0 saturated carbocycles. The molecule has 0 spiro atoms. The van der Waals surface area contributed by atoms with E-state index in [0.717, 1.165) is 56.7 Å². The predicted octanol–water partition coefficient (Wildman–Crippen LogP) is 4.71. The third-order valence-electron chi connectivity index (χ3n) is 4.51. The Labute approximate surface area is 131 Å². The molecule has 0 radical (unpaired) electrons. The zero-order valence-electron chi connectivity index (χ0n) is 11.7. The molecule has 0 atom stereocenters. The lowest BCUT2D eigenvalue weighted by Crippen LogP contribution is -2.14. The Morgan fingerprint density at radius 1 is 0.952 bits per heavy atom. The second-order valence-corrected chi connectivity index (χ2v) is 6.65. The van der Waals surface area contributed by atoms with Gasteiger partial charge in [0.15, 0.2) is 5.43 Å². The average Bonchev–Trinajstić information content (AvgIpc) is 2.75. The number of hydrogen-bond acceptors (Lipinski definition) is 1. The van der Waals surface area contributed by atoms with Crippen LogP contribution in [0.3, 0.4) is 0 Å². The highest BCUT2D eigenvalue weighted by molar-refractivity contribution is 9.10. The SMILES string of the molecule is O=c1c2c([nH]c3c1cc(Br)c1ccccc13)CCCCC2. The van der Waals surface area contributed by atoms with Crippen molar-refractivity contribution in [2.75, 3.05) is 0 Å². The number of aromatic amines is 1. The zero-order chi connectivity index (χ0) is 14.4. The van der Waals surface area contributed by atoms with Crippen molar-refractivity contribution in [1.82, 2.24) is 4.98 Å². The van der Waals surface area contributed by atoms with Gasteiger partial charge in [-0.2, -0.15) is 0 Å². The second-order valence-electron chi connectivity index (χ2n) is 5.80. The largest absolute Gasteiger partial charge is 0.357 e. The molecule has 3 heteroatoms. The summed E-state index contributed by atoms with van der Waals surface area (Å²) in [5.74, 6) is 0. The molecular formula is C18H16BrNO. The maximum absolute atomic E-state index is 12.9. The van der Waals surface area contributed by atoms with Gasteiger partial charge in [-0.1, -0.05) is 46.6 Å². The molecule has 0 amide bonds. The molecule has 2 aromatic carbocycles. The summed E-state index contributed by atoms with van der Waals surface area (Å²) in [6, 6.07) is 10.2. The first-order valence-electron chi connectivity index (χ1n) is 7.50.